The van der Waals surface area contributed by atoms with Crippen molar-refractivity contribution in [1.82, 2.24) is 15.5 Å². The van der Waals surface area contributed by atoms with Gasteiger partial charge in [0, 0.05) is 37.0 Å². The van der Waals surface area contributed by atoms with Gasteiger partial charge < -0.3 is 15.5 Å². The number of halogens is 1. The van der Waals surface area contributed by atoms with Gasteiger partial charge in [0.2, 0.25) is 5.91 Å². The van der Waals surface area contributed by atoms with Crippen LogP contribution in [-0.2, 0) is 11.2 Å². The molecule has 2 N–H and O–H groups in total. The van der Waals surface area contributed by atoms with E-state index in [1.54, 1.807) is 6.07 Å². The van der Waals surface area contributed by atoms with Crippen molar-refractivity contribution in [3.63, 3.8) is 0 Å². The molecule has 0 bridgehead atoms. The third-order valence-corrected chi connectivity index (χ3v) is 7.17. The van der Waals surface area contributed by atoms with Crippen molar-refractivity contribution in [3.8, 4) is 0 Å². The normalized spacial score (nSPS) is 33.2. The van der Waals surface area contributed by atoms with Crippen LogP contribution in [0, 0.1) is 17.7 Å². The molecule has 1 aliphatic heterocycles. The van der Waals surface area contributed by atoms with Gasteiger partial charge in [0.15, 0.2) is 0 Å². The van der Waals surface area contributed by atoms with Crippen molar-refractivity contribution >= 4 is 11.9 Å². The van der Waals surface area contributed by atoms with E-state index in [1.165, 1.54) is 18.1 Å². The monoisotopic (exact) mass is 385 g/mol. The van der Waals surface area contributed by atoms with Crippen LogP contribution in [0.15, 0.2) is 18.2 Å². The summed E-state index contributed by atoms with van der Waals surface area (Å²) in [7, 11) is 0. The Morgan fingerprint density at radius 1 is 1.07 bits per heavy atom. The van der Waals surface area contributed by atoms with Gasteiger partial charge in [-0.2, -0.15) is 0 Å². The fourth-order valence-electron chi connectivity index (χ4n) is 5.67. The summed E-state index contributed by atoms with van der Waals surface area (Å²) in [6.07, 6.45) is 6.79. The predicted octanol–water partition coefficient (Wildman–Crippen LogP) is 2.94. The lowest BCUT2D eigenvalue weighted by Gasteiger charge is -2.29. The van der Waals surface area contributed by atoms with Crippen molar-refractivity contribution in [1.29, 1.82) is 0 Å². The van der Waals surface area contributed by atoms with Crippen molar-refractivity contribution < 1.29 is 14.0 Å². The molecule has 6 heteroatoms. The molecule has 1 aromatic rings. The zero-order valence-electron chi connectivity index (χ0n) is 16.1. The van der Waals surface area contributed by atoms with Gasteiger partial charge in [-0.15, -0.1) is 0 Å². The average Bonchev–Trinajstić information content (AvgIpc) is 3.05. The zero-order chi connectivity index (χ0) is 19.3. The molecule has 3 aliphatic carbocycles. The summed E-state index contributed by atoms with van der Waals surface area (Å²) >= 11 is 0. The number of fused-ring (bicyclic) bond motifs is 3. The zero-order valence-corrected chi connectivity index (χ0v) is 16.1. The Morgan fingerprint density at radius 3 is 2.71 bits per heavy atom. The van der Waals surface area contributed by atoms with Crippen LogP contribution in [0.4, 0.5) is 9.18 Å². The van der Waals surface area contributed by atoms with Gasteiger partial charge in [-0.25, -0.2) is 9.18 Å². The molecule has 5 nitrogen and oxygen atoms in total. The SMILES string of the molecule is O=C(NC1C2Cc3cc(F)ccc3C21)N[C@H]1CC[C@@H](C(=O)N2CCCCC2)C1. The third kappa shape index (κ3) is 3.27. The number of nitrogens with zero attached hydrogens (tertiary/aromatic N) is 1. The van der Waals surface area contributed by atoms with Gasteiger partial charge in [0.1, 0.15) is 5.82 Å². The van der Waals surface area contributed by atoms with Gasteiger partial charge in [-0.1, -0.05) is 6.07 Å². The summed E-state index contributed by atoms with van der Waals surface area (Å²) in [5, 5.41) is 6.19. The number of hydrogen-bond donors (Lipinski definition) is 2. The molecule has 150 valence electrons. The van der Waals surface area contributed by atoms with Crippen LogP contribution in [0.1, 0.15) is 55.6 Å². The minimum absolute atomic E-state index is 0.0606. The quantitative estimate of drug-likeness (QED) is 0.840. The summed E-state index contributed by atoms with van der Waals surface area (Å²) in [6.45, 7) is 1.79. The molecular weight excluding hydrogens is 357 g/mol. The van der Waals surface area contributed by atoms with Crippen LogP contribution >= 0.6 is 0 Å². The third-order valence-electron chi connectivity index (χ3n) is 7.17. The van der Waals surface area contributed by atoms with E-state index >= 15 is 0 Å². The number of carbonyl (C=O) groups excluding carboxylic acids is 2. The first-order valence-corrected chi connectivity index (χ1v) is 10.7. The molecule has 4 aliphatic rings. The van der Waals surface area contributed by atoms with Crippen LogP contribution in [0.25, 0.3) is 0 Å². The summed E-state index contributed by atoms with van der Waals surface area (Å²) in [5.41, 5.74) is 2.27. The summed E-state index contributed by atoms with van der Waals surface area (Å²) in [6, 6.07) is 5.11. The van der Waals surface area contributed by atoms with Gasteiger partial charge in [-0.05, 0) is 74.1 Å². The van der Waals surface area contributed by atoms with E-state index in [2.05, 4.69) is 10.6 Å². The van der Waals surface area contributed by atoms with Crippen molar-refractivity contribution in [3.05, 3.63) is 35.1 Å². The Labute approximate surface area is 165 Å². The minimum atomic E-state index is -0.183. The van der Waals surface area contributed by atoms with E-state index < -0.39 is 0 Å². The Bertz CT molecular complexity index is 792. The molecule has 1 heterocycles. The van der Waals surface area contributed by atoms with Crippen LogP contribution in [0.3, 0.4) is 0 Å². The molecule has 3 amide bonds. The first kappa shape index (κ1) is 18.0. The second-order valence-electron chi connectivity index (χ2n) is 8.97. The van der Waals surface area contributed by atoms with Crippen LogP contribution < -0.4 is 10.6 Å². The Kier molecular flexibility index (Phi) is 4.52. The molecule has 1 saturated heterocycles. The number of amides is 3. The molecule has 5 atom stereocenters. The van der Waals surface area contributed by atoms with E-state index in [0.29, 0.717) is 11.8 Å². The Hall–Kier alpha value is -2.11. The Morgan fingerprint density at radius 2 is 1.89 bits per heavy atom. The van der Waals surface area contributed by atoms with E-state index in [1.807, 2.05) is 11.0 Å². The van der Waals surface area contributed by atoms with E-state index in [-0.39, 0.29) is 35.8 Å². The molecular formula is C22H28FN3O2. The second kappa shape index (κ2) is 7.05. The van der Waals surface area contributed by atoms with Crippen LogP contribution in [0.5, 0.6) is 0 Å². The summed E-state index contributed by atoms with van der Waals surface area (Å²) in [4.78, 5) is 27.1. The van der Waals surface area contributed by atoms with Crippen LogP contribution in [0.2, 0.25) is 0 Å². The maximum absolute atomic E-state index is 13.3. The number of benzene rings is 1. The first-order valence-electron chi connectivity index (χ1n) is 10.7. The fourth-order valence-corrected chi connectivity index (χ4v) is 5.67. The van der Waals surface area contributed by atoms with Crippen molar-refractivity contribution in [2.45, 2.75) is 62.9 Å². The number of carbonyl (C=O) groups is 2. The molecule has 3 unspecified atom stereocenters. The highest BCUT2D eigenvalue weighted by molar-refractivity contribution is 5.80. The predicted molar refractivity (Wildman–Crippen MR) is 103 cm³/mol. The number of rotatable bonds is 3. The Balaban J connectivity index is 1.10. The lowest BCUT2D eigenvalue weighted by atomic mass is 10.0. The molecule has 5 rings (SSSR count). The molecule has 0 radical (unpaired) electrons. The number of urea groups is 1. The maximum atomic E-state index is 13.3. The number of piperidine rings is 1. The largest absolute Gasteiger partial charge is 0.342 e. The lowest BCUT2D eigenvalue weighted by Crippen LogP contribution is -2.43. The molecule has 0 aromatic heterocycles. The number of nitrogens with one attached hydrogen (secondary N) is 2. The highest BCUT2D eigenvalue weighted by Crippen LogP contribution is 2.56. The van der Waals surface area contributed by atoms with Gasteiger partial charge in [0.25, 0.3) is 0 Å². The molecule has 3 fully saturated rings. The smallest absolute Gasteiger partial charge is 0.315 e. The molecule has 1 aromatic carbocycles. The number of hydrogen-bond acceptors (Lipinski definition) is 2. The summed E-state index contributed by atoms with van der Waals surface area (Å²) < 4.78 is 13.3. The topological polar surface area (TPSA) is 61.4 Å². The first-order chi connectivity index (χ1) is 13.6. The molecule has 28 heavy (non-hydrogen) atoms. The van der Waals surface area contributed by atoms with E-state index in [0.717, 1.165) is 57.2 Å². The second-order valence-corrected chi connectivity index (χ2v) is 8.97. The molecule has 0 spiro atoms. The number of likely N-dealkylation sites (tertiary alicyclic amines) is 1. The van der Waals surface area contributed by atoms with Crippen molar-refractivity contribution in [2.75, 3.05) is 13.1 Å². The van der Waals surface area contributed by atoms with Gasteiger partial charge in [0.05, 0.1) is 0 Å². The highest BCUT2D eigenvalue weighted by Gasteiger charge is 2.56. The fraction of sp³-hybridized carbons (Fsp3) is 0.636. The lowest BCUT2D eigenvalue weighted by molar-refractivity contribution is -0.136. The van der Waals surface area contributed by atoms with E-state index in [4.69, 9.17) is 0 Å². The molecule has 2 saturated carbocycles. The van der Waals surface area contributed by atoms with Gasteiger partial charge in [-0.3, -0.25) is 4.79 Å². The standard InChI is InChI=1S/C22H28FN3O2/c23-15-5-7-17-14(10-15)12-18-19(17)20(18)25-22(28)24-16-6-4-13(11-16)21(27)26-8-2-1-3-9-26/h5,7,10,13,16,18-20H,1-4,6,8-9,11-12H2,(H2,24,25,28)/t13-,16+,18?,19?,20?/m1/s1. The van der Waals surface area contributed by atoms with Gasteiger partial charge >= 0.3 is 6.03 Å². The highest BCUT2D eigenvalue weighted by atomic mass is 19.1. The van der Waals surface area contributed by atoms with Crippen molar-refractivity contribution in [2.24, 2.45) is 11.8 Å². The maximum Gasteiger partial charge on any atom is 0.315 e. The average molecular weight is 385 g/mol. The van der Waals surface area contributed by atoms with Crippen LogP contribution in [-0.4, -0.2) is 42.0 Å². The summed E-state index contributed by atoms with van der Waals surface area (Å²) in [5.74, 6) is 0.894. The minimum Gasteiger partial charge on any atom is -0.342 e. The van der Waals surface area contributed by atoms with E-state index in [9.17, 15) is 14.0 Å².